The van der Waals surface area contributed by atoms with E-state index in [1.54, 1.807) is 6.92 Å². The number of hydrogen-bond donors (Lipinski definition) is 3. The van der Waals surface area contributed by atoms with E-state index in [1.807, 2.05) is 26.0 Å². The fourth-order valence-corrected chi connectivity index (χ4v) is 3.18. The number of allylic oxidation sites excluding steroid dienone is 2. The van der Waals surface area contributed by atoms with Gasteiger partial charge in [-0.1, -0.05) is 29.8 Å². The topological polar surface area (TPSA) is 76.7 Å². The maximum absolute atomic E-state index is 12.6. The number of rotatable bonds is 7. The number of benzene rings is 1. The van der Waals surface area contributed by atoms with Crippen LogP contribution in [0.3, 0.4) is 0 Å². The molecule has 7 heteroatoms. The van der Waals surface area contributed by atoms with Gasteiger partial charge in [-0.15, -0.1) is 0 Å². The highest BCUT2D eigenvalue weighted by Crippen LogP contribution is 2.21. The summed E-state index contributed by atoms with van der Waals surface area (Å²) in [6.45, 7) is 12.3. The zero-order valence-electron chi connectivity index (χ0n) is 18.7. The fraction of sp³-hybridized carbons (Fsp3) is 0.565. The molecular formula is C23H34N2O4S. The minimum atomic E-state index is -0.726. The summed E-state index contributed by atoms with van der Waals surface area (Å²) in [5.41, 5.74) is 4.77. The molecule has 2 N–H and O–H groups in total. The van der Waals surface area contributed by atoms with Crippen LogP contribution >= 0.6 is 12.6 Å². The number of ether oxygens (including phenoxy) is 2. The van der Waals surface area contributed by atoms with Crippen molar-refractivity contribution in [3.05, 3.63) is 41.0 Å². The van der Waals surface area contributed by atoms with Crippen molar-refractivity contribution in [2.24, 2.45) is 0 Å². The van der Waals surface area contributed by atoms with E-state index in [9.17, 15) is 9.59 Å². The average molecular weight is 435 g/mol. The van der Waals surface area contributed by atoms with Crippen molar-refractivity contribution in [1.29, 1.82) is 0 Å². The van der Waals surface area contributed by atoms with E-state index in [0.717, 1.165) is 5.56 Å². The van der Waals surface area contributed by atoms with Gasteiger partial charge < -0.3 is 20.1 Å². The van der Waals surface area contributed by atoms with Gasteiger partial charge >= 0.3 is 6.16 Å². The SMILES string of the molecule is CC(C)=C(C)c1ccc([C@H](C)NC(=O)[C@@H]2C[C@@H](OC(=O)OC(C)C(C)S)CN2)cc1. The predicted octanol–water partition coefficient (Wildman–Crippen LogP) is 4.27. The maximum Gasteiger partial charge on any atom is 0.508 e. The van der Waals surface area contributed by atoms with E-state index in [0.29, 0.717) is 13.0 Å². The molecule has 0 aliphatic carbocycles. The van der Waals surface area contributed by atoms with Crippen molar-refractivity contribution in [3.63, 3.8) is 0 Å². The van der Waals surface area contributed by atoms with Gasteiger partial charge in [0, 0.05) is 18.2 Å². The molecule has 6 nitrogen and oxygen atoms in total. The average Bonchev–Trinajstić information content (AvgIpc) is 3.15. The van der Waals surface area contributed by atoms with Crippen molar-refractivity contribution in [3.8, 4) is 0 Å². The third-order valence-corrected chi connectivity index (χ3v) is 6.00. The monoisotopic (exact) mass is 434 g/mol. The van der Waals surface area contributed by atoms with Crippen LogP contribution in [0.5, 0.6) is 0 Å². The zero-order chi connectivity index (χ0) is 22.4. The first-order chi connectivity index (χ1) is 14.1. The van der Waals surface area contributed by atoms with Crippen LogP contribution in [-0.2, 0) is 14.3 Å². The molecule has 1 aliphatic heterocycles. The Labute approximate surface area is 185 Å². The van der Waals surface area contributed by atoms with Crippen LogP contribution in [0.2, 0.25) is 0 Å². The van der Waals surface area contributed by atoms with Gasteiger partial charge in [-0.2, -0.15) is 12.6 Å². The Hall–Kier alpha value is -1.99. The minimum absolute atomic E-state index is 0.0840. The standard InChI is InChI=1S/C23H34N2O4S/c1-13(2)14(3)18-7-9-19(10-8-18)15(4)25-22(26)21-11-20(12-24-21)29-23(27)28-16(5)17(6)30/h7-10,15-17,20-21,24,30H,11-12H2,1-6H3,(H,25,26)/t15-,16?,17?,20+,21-/m0/s1. The van der Waals surface area contributed by atoms with Crippen LogP contribution in [0.15, 0.2) is 29.8 Å². The van der Waals surface area contributed by atoms with Crippen molar-refractivity contribution in [2.45, 2.75) is 77.5 Å². The second-order valence-corrected chi connectivity index (χ2v) is 9.04. The van der Waals surface area contributed by atoms with E-state index in [4.69, 9.17) is 9.47 Å². The molecule has 2 unspecified atom stereocenters. The summed E-state index contributed by atoms with van der Waals surface area (Å²) < 4.78 is 10.5. The van der Waals surface area contributed by atoms with Gasteiger partial charge in [0.25, 0.3) is 0 Å². The van der Waals surface area contributed by atoms with E-state index in [2.05, 4.69) is 56.2 Å². The molecule has 1 fully saturated rings. The Morgan fingerprint density at radius 1 is 1.13 bits per heavy atom. The lowest BCUT2D eigenvalue weighted by Crippen LogP contribution is -2.41. The zero-order valence-corrected chi connectivity index (χ0v) is 19.6. The van der Waals surface area contributed by atoms with Crippen molar-refractivity contribution in [2.75, 3.05) is 6.54 Å². The van der Waals surface area contributed by atoms with Gasteiger partial charge in [0.15, 0.2) is 0 Å². The van der Waals surface area contributed by atoms with Crippen molar-refractivity contribution < 1.29 is 19.1 Å². The van der Waals surface area contributed by atoms with Crippen LogP contribution in [0.1, 0.15) is 65.1 Å². The van der Waals surface area contributed by atoms with E-state index < -0.39 is 18.3 Å². The molecule has 5 atom stereocenters. The smallest absolute Gasteiger partial charge is 0.430 e. The Kier molecular flexibility index (Phi) is 8.79. The molecule has 0 radical (unpaired) electrons. The highest BCUT2D eigenvalue weighted by Gasteiger charge is 2.33. The summed E-state index contributed by atoms with van der Waals surface area (Å²) in [5.74, 6) is -0.108. The van der Waals surface area contributed by atoms with Crippen LogP contribution in [0.4, 0.5) is 4.79 Å². The molecule has 1 aliphatic rings. The molecule has 166 valence electrons. The van der Waals surface area contributed by atoms with E-state index in [1.165, 1.54) is 16.7 Å². The molecule has 1 aromatic rings. The van der Waals surface area contributed by atoms with Crippen LogP contribution in [0.25, 0.3) is 5.57 Å². The lowest BCUT2D eigenvalue weighted by atomic mass is 9.99. The molecule has 1 aromatic carbocycles. The predicted molar refractivity (Wildman–Crippen MR) is 123 cm³/mol. The summed E-state index contributed by atoms with van der Waals surface area (Å²) in [7, 11) is 0. The summed E-state index contributed by atoms with van der Waals surface area (Å²) in [6.07, 6.45) is -1.05. The first kappa shape index (κ1) is 24.3. The van der Waals surface area contributed by atoms with Crippen molar-refractivity contribution >= 4 is 30.3 Å². The molecular weight excluding hydrogens is 400 g/mol. The van der Waals surface area contributed by atoms with Gasteiger partial charge in [0.05, 0.1) is 12.1 Å². The lowest BCUT2D eigenvalue weighted by Gasteiger charge is -2.19. The maximum atomic E-state index is 12.6. The molecule has 0 bridgehead atoms. The van der Waals surface area contributed by atoms with E-state index in [-0.39, 0.29) is 23.3 Å². The molecule has 0 spiro atoms. The minimum Gasteiger partial charge on any atom is -0.430 e. The number of carbonyl (C=O) groups is 2. The first-order valence-electron chi connectivity index (χ1n) is 10.4. The summed E-state index contributed by atoms with van der Waals surface area (Å²) >= 11 is 4.24. The lowest BCUT2D eigenvalue weighted by molar-refractivity contribution is -0.123. The molecule has 1 amide bonds. The van der Waals surface area contributed by atoms with Gasteiger partial charge in [-0.05, 0) is 58.2 Å². The highest BCUT2D eigenvalue weighted by atomic mass is 32.1. The Morgan fingerprint density at radius 2 is 1.77 bits per heavy atom. The second-order valence-electron chi connectivity index (χ2n) is 8.23. The first-order valence-corrected chi connectivity index (χ1v) is 10.9. The van der Waals surface area contributed by atoms with Crippen LogP contribution in [0, 0.1) is 0 Å². The Morgan fingerprint density at radius 3 is 2.33 bits per heavy atom. The Bertz CT molecular complexity index is 772. The number of nitrogens with one attached hydrogen (secondary N) is 2. The van der Waals surface area contributed by atoms with Gasteiger partial charge in [-0.25, -0.2) is 4.79 Å². The van der Waals surface area contributed by atoms with Gasteiger partial charge in [0.2, 0.25) is 5.91 Å². The number of amides is 1. The van der Waals surface area contributed by atoms with Crippen LogP contribution in [-0.4, -0.2) is 42.1 Å². The van der Waals surface area contributed by atoms with Gasteiger partial charge in [0.1, 0.15) is 12.2 Å². The molecule has 30 heavy (non-hydrogen) atoms. The van der Waals surface area contributed by atoms with Crippen LogP contribution < -0.4 is 10.6 Å². The molecule has 0 saturated carbocycles. The third kappa shape index (κ3) is 6.77. The van der Waals surface area contributed by atoms with Gasteiger partial charge in [-0.3, -0.25) is 4.79 Å². The molecule has 0 aromatic heterocycles. The summed E-state index contributed by atoms with van der Waals surface area (Å²) in [4.78, 5) is 24.5. The molecule has 1 heterocycles. The molecule has 1 saturated heterocycles. The summed E-state index contributed by atoms with van der Waals surface area (Å²) in [5, 5.41) is 6.07. The quantitative estimate of drug-likeness (QED) is 0.441. The number of hydrogen-bond acceptors (Lipinski definition) is 6. The second kappa shape index (κ2) is 10.9. The highest BCUT2D eigenvalue weighted by molar-refractivity contribution is 7.81. The number of thiol groups is 1. The van der Waals surface area contributed by atoms with E-state index >= 15 is 0 Å². The number of carbonyl (C=O) groups excluding carboxylic acids is 2. The Balaban J connectivity index is 1.85. The summed E-state index contributed by atoms with van der Waals surface area (Å²) in [6, 6.07) is 7.72. The fourth-order valence-electron chi connectivity index (χ4n) is 3.11. The van der Waals surface area contributed by atoms with Crippen molar-refractivity contribution in [1.82, 2.24) is 10.6 Å². The largest absolute Gasteiger partial charge is 0.508 e. The molecule has 2 rings (SSSR count). The third-order valence-electron chi connectivity index (χ3n) is 5.58. The normalized spacial score (nSPS) is 21.3.